The lowest BCUT2D eigenvalue weighted by molar-refractivity contribution is 0.0732. The molecule has 136 valence electrons. The van der Waals surface area contributed by atoms with Crippen LogP contribution in [-0.2, 0) is 17.7 Å². The molecule has 0 N–H and O–H groups in total. The molecule has 0 bridgehead atoms. The third kappa shape index (κ3) is 3.46. The van der Waals surface area contributed by atoms with Gasteiger partial charge in [0.05, 0.1) is 25.5 Å². The predicted molar refractivity (Wildman–Crippen MR) is 102 cm³/mol. The maximum atomic E-state index is 12.9. The number of morpholine rings is 1. The highest BCUT2D eigenvalue weighted by molar-refractivity contribution is 9.10. The van der Waals surface area contributed by atoms with Crippen LogP contribution in [0, 0.1) is 6.92 Å². The van der Waals surface area contributed by atoms with Gasteiger partial charge >= 0.3 is 0 Å². The monoisotopic (exact) mass is 416 g/mol. The van der Waals surface area contributed by atoms with Gasteiger partial charge in [0.2, 0.25) is 0 Å². The van der Waals surface area contributed by atoms with E-state index in [-0.39, 0.29) is 5.91 Å². The molecule has 26 heavy (non-hydrogen) atoms. The second-order valence-electron chi connectivity index (χ2n) is 6.61. The van der Waals surface area contributed by atoms with E-state index in [1.54, 1.807) is 0 Å². The number of benzene rings is 1. The van der Waals surface area contributed by atoms with Crippen molar-refractivity contribution in [3.05, 3.63) is 51.4 Å². The van der Waals surface area contributed by atoms with Crippen molar-refractivity contribution in [3.8, 4) is 0 Å². The molecule has 2 aromatic rings. The summed E-state index contributed by atoms with van der Waals surface area (Å²) in [4.78, 5) is 26.4. The highest BCUT2D eigenvalue weighted by Gasteiger charge is 2.28. The summed E-state index contributed by atoms with van der Waals surface area (Å²) < 4.78 is 6.38. The number of amides is 1. The third-order valence-electron chi connectivity index (χ3n) is 4.82. The van der Waals surface area contributed by atoms with Gasteiger partial charge in [-0.15, -0.1) is 0 Å². The molecule has 0 aliphatic carbocycles. The summed E-state index contributed by atoms with van der Waals surface area (Å²) in [5.74, 6) is 1.80. The van der Waals surface area contributed by atoms with Crippen LogP contribution in [0.25, 0.3) is 0 Å². The fourth-order valence-corrected chi connectivity index (χ4v) is 3.93. The zero-order chi connectivity index (χ0) is 18.1. The molecule has 1 fully saturated rings. The smallest absolute Gasteiger partial charge is 0.254 e. The van der Waals surface area contributed by atoms with Crippen LogP contribution < -0.4 is 4.90 Å². The van der Waals surface area contributed by atoms with Gasteiger partial charge in [-0.3, -0.25) is 4.79 Å². The number of aromatic nitrogens is 2. The highest BCUT2D eigenvalue weighted by atomic mass is 79.9. The number of carbonyl (C=O) groups excluding carboxylic acids is 1. The van der Waals surface area contributed by atoms with Crippen LogP contribution in [0.5, 0.6) is 0 Å². The van der Waals surface area contributed by atoms with E-state index in [0.29, 0.717) is 31.9 Å². The number of ether oxygens (including phenoxy) is 1. The number of aryl methyl sites for hydroxylation is 1. The molecule has 7 heteroatoms. The summed E-state index contributed by atoms with van der Waals surface area (Å²) in [5, 5.41) is 0. The standard InChI is InChI=1S/C19H21BrN4O2/c1-13-21-17-5-6-24(19(25)14-3-2-4-15(20)11-14)12-16(17)18(22-13)23-7-9-26-10-8-23/h2-4,11H,5-10,12H2,1H3. The molecule has 3 heterocycles. The third-order valence-corrected chi connectivity index (χ3v) is 5.31. The van der Waals surface area contributed by atoms with Crippen molar-refractivity contribution in [2.45, 2.75) is 19.9 Å². The lowest BCUT2D eigenvalue weighted by Gasteiger charge is -2.34. The van der Waals surface area contributed by atoms with Crippen LogP contribution in [0.4, 0.5) is 5.82 Å². The van der Waals surface area contributed by atoms with Gasteiger partial charge in [-0.1, -0.05) is 22.0 Å². The maximum Gasteiger partial charge on any atom is 0.254 e. The van der Waals surface area contributed by atoms with Gasteiger partial charge in [-0.25, -0.2) is 9.97 Å². The zero-order valence-electron chi connectivity index (χ0n) is 14.7. The number of nitrogens with zero attached hydrogens (tertiary/aromatic N) is 4. The van der Waals surface area contributed by atoms with Crippen molar-refractivity contribution >= 4 is 27.7 Å². The Bertz CT molecular complexity index is 836. The summed E-state index contributed by atoms with van der Waals surface area (Å²) in [6, 6.07) is 7.54. The predicted octanol–water partition coefficient (Wildman–Crippen LogP) is 2.58. The number of carbonyl (C=O) groups is 1. The summed E-state index contributed by atoms with van der Waals surface area (Å²) in [6.45, 7) is 6.22. The van der Waals surface area contributed by atoms with Crippen LogP contribution in [0.15, 0.2) is 28.7 Å². The van der Waals surface area contributed by atoms with Crippen LogP contribution in [0.2, 0.25) is 0 Å². The average Bonchev–Trinajstić information content (AvgIpc) is 2.67. The second-order valence-corrected chi connectivity index (χ2v) is 7.52. The van der Waals surface area contributed by atoms with Gasteiger partial charge in [-0.2, -0.15) is 0 Å². The van der Waals surface area contributed by atoms with E-state index in [1.807, 2.05) is 36.1 Å². The van der Waals surface area contributed by atoms with E-state index in [1.165, 1.54) is 0 Å². The van der Waals surface area contributed by atoms with E-state index in [4.69, 9.17) is 9.72 Å². The van der Waals surface area contributed by atoms with Crippen molar-refractivity contribution in [2.24, 2.45) is 0 Å². The topological polar surface area (TPSA) is 58.6 Å². The molecular weight excluding hydrogens is 396 g/mol. The first kappa shape index (κ1) is 17.4. The number of hydrogen-bond acceptors (Lipinski definition) is 5. The van der Waals surface area contributed by atoms with Crippen molar-refractivity contribution in [3.63, 3.8) is 0 Å². The van der Waals surface area contributed by atoms with Crippen molar-refractivity contribution < 1.29 is 9.53 Å². The van der Waals surface area contributed by atoms with Crippen molar-refractivity contribution in [2.75, 3.05) is 37.7 Å². The fraction of sp³-hybridized carbons (Fsp3) is 0.421. The lowest BCUT2D eigenvalue weighted by atomic mass is 10.0. The first-order valence-corrected chi connectivity index (χ1v) is 9.65. The number of hydrogen-bond donors (Lipinski definition) is 0. The highest BCUT2D eigenvalue weighted by Crippen LogP contribution is 2.28. The molecule has 4 rings (SSSR count). The number of fused-ring (bicyclic) bond motifs is 1. The van der Waals surface area contributed by atoms with Gasteiger partial charge in [0.1, 0.15) is 11.6 Å². The normalized spacial score (nSPS) is 17.2. The molecule has 0 atom stereocenters. The second kappa shape index (κ2) is 7.32. The van der Waals surface area contributed by atoms with E-state index >= 15 is 0 Å². The van der Waals surface area contributed by atoms with Gasteiger partial charge in [0.25, 0.3) is 5.91 Å². The minimum atomic E-state index is 0.0467. The molecule has 0 radical (unpaired) electrons. The molecule has 6 nitrogen and oxygen atoms in total. The Morgan fingerprint density at radius 2 is 2.00 bits per heavy atom. The number of anilines is 1. The molecule has 0 unspecified atom stereocenters. The fourth-order valence-electron chi connectivity index (χ4n) is 3.53. The zero-order valence-corrected chi connectivity index (χ0v) is 16.3. The van der Waals surface area contributed by atoms with Crippen LogP contribution >= 0.6 is 15.9 Å². The van der Waals surface area contributed by atoms with E-state index in [0.717, 1.165) is 46.9 Å². The number of rotatable bonds is 2. The Kier molecular flexibility index (Phi) is 4.91. The minimum absolute atomic E-state index is 0.0467. The van der Waals surface area contributed by atoms with Crippen LogP contribution in [-0.4, -0.2) is 53.6 Å². The average molecular weight is 417 g/mol. The summed E-state index contributed by atoms with van der Waals surface area (Å²) in [5.41, 5.74) is 2.84. The Labute approximate surface area is 161 Å². The van der Waals surface area contributed by atoms with E-state index in [9.17, 15) is 4.79 Å². The minimum Gasteiger partial charge on any atom is -0.378 e. The first-order valence-electron chi connectivity index (χ1n) is 8.86. The Morgan fingerprint density at radius 1 is 1.19 bits per heavy atom. The molecule has 1 aromatic carbocycles. The quantitative estimate of drug-likeness (QED) is 0.752. The van der Waals surface area contributed by atoms with Crippen LogP contribution in [0.3, 0.4) is 0 Å². The Hall–Kier alpha value is -1.99. The summed E-state index contributed by atoms with van der Waals surface area (Å²) >= 11 is 3.44. The van der Waals surface area contributed by atoms with Crippen molar-refractivity contribution in [1.82, 2.24) is 14.9 Å². The maximum absolute atomic E-state index is 12.9. The van der Waals surface area contributed by atoms with Gasteiger partial charge in [-0.05, 0) is 25.1 Å². The molecular formula is C19H21BrN4O2. The lowest BCUT2D eigenvalue weighted by Crippen LogP contribution is -2.41. The van der Waals surface area contributed by atoms with Crippen molar-refractivity contribution in [1.29, 1.82) is 0 Å². The molecule has 0 saturated carbocycles. The molecule has 1 amide bonds. The summed E-state index contributed by atoms with van der Waals surface area (Å²) in [7, 11) is 0. The van der Waals surface area contributed by atoms with Gasteiger partial charge < -0.3 is 14.5 Å². The summed E-state index contributed by atoms with van der Waals surface area (Å²) in [6.07, 6.45) is 0.760. The Balaban J connectivity index is 1.64. The van der Waals surface area contributed by atoms with Gasteiger partial charge in [0.15, 0.2) is 0 Å². The Morgan fingerprint density at radius 3 is 2.77 bits per heavy atom. The first-order chi connectivity index (χ1) is 12.6. The molecule has 1 saturated heterocycles. The molecule has 1 aromatic heterocycles. The molecule has 2 aliphatic rings. The van der Waals surface area contributed by atoms with E-state index < -0.39 is 0 Å². The molecule has 2 aliphatic heterocycles. The molecule has 0 spiro atoms. The SMILES string of the molecule is Cc1nc2c(c(N3CCOCC3)n1)CN(C(=O)c1cccc(Br)c1)CC2. The van der Waals surface area contributed by atoms with Gasteiger partial charge in [0, 0.05) is 41.7 Å². The van der Waals surface area contributed by atoms with Crippen LogP contribution in [0.1, 0.15) is 27.4 Å². The largest absolute Gasteiger partial charge is 0.378 e. The van der Waals surface area contributed by atoms with E-state index in [2.05, 4.69) is 25.8 Å². The number of halogens is 1.